The number of alkyl carbamates (subject to hydrolysis) is 1. The van der Waals surface area contributed by atoms with E-state index in [1.54, 1.807) is 6.92 Å². The zero-order chi connectivity index (χ0) is 24.5. The van der Waals surface area contributed by atoms with E-state index in [2.05, 4.69) is 29.6 Å². The van der Waals surface area contributed by atoms with Crippen molar-refractivity contribution in [2.24, 2.45) is 5.92 Å². The molecule has 2 aromatic carbocycles. The predicted molar refractivity (Wildman–Crippen MR) is 128 cm³/mol. The molecule has 0 heterocycles. The van der Waals surface area contributed by atoms with Crippen LogP contribution in [-0.4, -0.2) is 67.4 Å². The smallest absolute Gasteiger partial charge is 0.407 e. The highest BCUT2D eigenvalue weighted by Crippen LogP contribution is 2.44. The third-order valence-electron chi connectivity index (χ3n) is 5.97. The van der Waals surface area contributed by atoms with E-state index in [0.29, 0.717) is 6.54 Å². The van der Waals surface area contributed by atoms with E-state index in [4.69, 9.17) is 14.6 Å². The molecular formula is C26H32N2O6. The van der Waals surface area contributed by atoms with E-state index in [-0.39, 0.29) is 51.2 Å². The highest BCUT2D eigenvalue weighted by molar-refractivity contribution is 5.79. The number of hydrogen-bond donors (Lipinski definition) is 2. The first-order valence-electron chi connectivity index (χ1n) is 11.6. The van der Waals surface area contributed by atoms with Gasteiger partial charge in [0.2, 0.25) is 5.91 Å². The normalized spacial score (nSPS) is 13.0. The maximum atomic E-state index is 12.2. The molecule has 182 valence electrons. The minimum Gasteiger partial charge on any atom is -0.481 e. The lowest BCUT2D eigenvalue weighted by Crippen LogP contribution is -2.37. The number of carboxylic acids is 1. The minimum absolute atomic E-state index is 0.00534. The number of hydrogen-bond acceptors (Lipinski definition) is 5. The fourth-order valence-corrected chi connectivity index (χ4v) is 4.11. The van der Waals surface area contributed by atoms with E-state index < -0.39 is 18.0 Å². The van der Waals surface area contributed by atoms with E-state index in [1.807, 2.05) is 31.2 Å². The van der Waals surface area contributed by atoms with Crippen molar-refractivity contribution in [2.45, 2.75) is 26.2 Å². The summed E-state index contributed by atoms with van der Waals surface area (Å²) in [6.45, 7) is 4.96. The Kier molecular flexibility index (Phi) is 9.04. The molecule has 0 saturated heterocycles. The minimum atomic E-state index is -0.929. The summed E-state index contributed by atoms with van der Waals surface area (Å²) in [5.41, 5.74) is 4.66. The van der Waals surface area contributed by atoms with Gasteiger partial charge in [-0.3, -0.25) is 9.59 Å². The number of rotatable bonds is 12. The van der Waals surface area contributed by atoms with Gasteiger partial charge in [0, 0.05) is 25.6 Å². The Balaban J connectivity index is 1.34. The van der Waals surface area contributed by atoms with Crippen LogP contribution >= 0.6 is 0 Å². The van der Waals surface area contributed by atoms with Crippen molar-refractivity contribution in [3.63, 3.8) is 0 Å². The zero-order valence-electron chi connectivity index (χ0n) is 19.7. The summed E-state index contributed by atoms with van der Waals surface area (Å²) in [4.78, 5) is 36.9. The number of carboxylic acid groups (broad SMARTS) is 1. The summed E-state index contributed by atoms with van der Waals surface area (Å²) >= 11 is 0. The van der Waals surface area contributed by atoms with Crippen LogP contribution in [0.1, 0.15) is 37.3 Å². The molecule has 8 heteroatoms. The van der Waals surface area contributed by atoms with E-state index in [9.17, 15) is 14.4 Å². The lowest BCUT2D eigenvalue weighted by atomic mass is 9.98. The molecule has 2 amide bonds. The van der Waals surface area contributed by atoms with Crippen LogP contribution < -0.4 is 5.32 Å². The topological polar surface area (TPSA) is 105 Å². The number of carbonyl (C=O) groups excluding carboxylic acids is 2. The summed E-state index contributed by atoms with van der Waals surface area (Å²) in [5.74, 6) is -1.70. The summed E-state index contributed by atoms with van der Waals surface area (Å²) in [5, 5.41) is 11.7. The molecule has 2 N–H and O–H groups in total. The molecule has 1 atom stereocenters. The van der Waals surface area contributed by atoms with E-state index in [0.717, 1.165) is 11.1 Å². The summed E-state index contributed by atoms with van der Waals surface area (Å²) in [6.07, 6.45) is -0.355. The lowest BCUT2D eigenvalue weighted by Gasteiger charge is -2.22. The second kappa shape index (κ2) is 12.2. The third kappa shape index (κ3) is 6.35. The Morgan fingerprint density at radius 3 is 2.24 bits per heavy atom. The van der Waals surface area contributed by atoms with Crippen LogP contribution in [0.5, 0.6) is 0 Å². The number of nitrogens with zero attached hydrogens (tertiary/aromatic N) is 1. The Morgan fingerprint density at radius 2 is 1.65 bits per heavy atom. The molecular weight excluding hydrogens is 436 g/mol. The van der Waals surface area contributed by atoms with E-state index in [1.165, 1.54) is 16.0 Å². The third-order valence-corrected chi connectivity index (χ3v) is 5.97. The molecule has 8 nitrogen and oxygen atoms in total. The number of ether oxygens (including phenoxy) is 2. The van der Waals surface area contributed by atoms with Crippen LogP contribution in [0.2, 0.25) is 0 Å². The predicted octanol–water partition coefficient (Wildman–Crippen LogP) is 3.50. The van der Waals surface area contributed by atoms with Gasteiger partial charge in [0.15, 0.2) is 0 Å². The van der Waals surface area contributed by atoms with Gasteiger partial charge >= 0.3 is 12.1 Å². The van der Waals surface area contributed by atoms with E-state index >= 15 is 0 Å². The highest BCUT2D eigenvalue weighted by Gasteiger charge is 2.29. The van der Waals surface area contributed by atoms with Gasteiger partial charge in [-0.15, -0.1) is 0 Å². The second-order valence-electron chi connectivity index (χ2n) is 8.29. The van der Waals surface area contributed by atoms with Gasteiger partial charge in [0.05, 0.1) is 25.6 Å². The number of aliphatic carboxylic acids is 1. The zero-order valence-corrected chi connectivity index (χ0v) is 19.7. The molecule has 0 aliphatic heterocycles. The van der Waals surface area contributed by atoms with Gasteiger partial charge in [-0.2, -0.15) is 0 Å². The van der Waals surface area contributed by atoms with Crippen molar-refractivity contribution < 1.29 is 29.0 Å². The Bertz CT molecular complexity index is 963. The average Bonchev–Trinajstić information content (AvgIpc) is 3.16. The molecule has 0 fully saturated rings. The van der Waals surface area contributed by atoms with Crippen LogP contribution in [0.4, 0.5) is 4.79 Å². The van der Waals surface area contributed by atoms with Crippen LogP contribution in [0, 0.1) is 5.92 Å². The van der Waals surface area contributed by atoms with Gasteiger partial charge in [0.1, 0.15) is 6.61 Å². The fourth-order valence-electron chi connectivity index (χ4n) is 4.11. The highest BCUT2D eigenvalue weighted by atomic mass is 16.5. The Hall–Kier alpha value is -3.39. The van der Waals surface area contributed by atoms with Crippen molar-refractivity contribution in [3.05, 3.63) is 59.7 Å². The van der Waals surface area contributed by atoms with Crippen molar-refractivity contribution in [3.8, 4) is 11.1 Å². The molecule has 0 spiro atoms. The van der Waals surface area contributed by atoms with Crippen molar-refractivity contribution in [1.29, 1.82) is 0 Å². The van der Waals surface area contributed by atoms with Crippen molar-refractivity contribution >= 4 is 18.0 Å². The largest absolute Gasteiger partial charge is 0.481 e. The quantitative estimate of drug-likeness (QED) is 0.462. The summed E-state index contributed by atoms with van der Waals surface area (Å²) in [7, 11) is 0. The summed E-state index contributed by atoms with van der Waals surface area (Å²) in [6, 6.07) is 16.3. The average molecular weight is 469 g/mol. The van der Waals surface area contributed by atoms with Crippen LogP contribution in [-0.2, 0) is 19.1 Å². The second-order valence-corrected chi connectivity index (χ2v) is 8.29. The van der Waals surface area contributed by atoms with Crippen LogP contribution in [0.25, 0.3) is 11.1 Å². The van der Waals surface area contributed by atoms with Gasteiger partial charge in [-0.1, -0.05) is 55.5 Å². The lowest BCUT2D eigenvalue weighted by molar-refractivity contribution is -0.143. The van der Waals surface area contributed by atoms with Gasteiger partial charge < -0.3 is 24.8 Å². The molecule has 2 aromatic rings. The Morgan fingerprint density at radius 1 is 1.03 bits per heavy atom. The summed E-state index contributed by atoms with van der Waals surface area (Å²) < 4.78 is 10.9. The van der Waals surface area contributed by atoms with Crippen molar-refractivity contribution in [2.75, 3.05) is 39.5 Å². The van der Waals surface area contributed by atoms with Gasteiger partial charge in [0.25, 0.3) is 0 Å². The first-order valence-corrected chi connectivity index (χ1v) is 11.6. The maximum absolute atomic E-state index is 12.2. The van der Waals surface area contributed by atoms with Crippen LogP contribution in [0.3, 0.4) is 0 Å². The van der Waals surface area contributed by atoms with Crippen molar-refractivity contribution in [1.82, 2.24) is 10.2 Å². The van der Waals surface area contributed by atoms with Crippen LogP contribution in [0.15, 0.2) is 48.5 Å². The standard InChI is InChI=1S/C26H32N2O6/c1-3-28(16-18(2)25(30)31)24(29)12-14-33-15-13-27-26(32)34-17-23-21-10-6-4-8-19(21)20-9-5-7-11-22(20)23/h4-11,18,23H,3,12-17H2,1-2H3,(H,27,32)(H,30,31). The number of carbonyl (C=O) groups is 3. The number of amides is 2. The SMILES string of the molecule is CCN(CC(C)C(=O)O)C(=O)CCOCCNC(=O)OCC1c2ccccc2-c2ccccc21. The Labute approximate surface area is 199 Å². The number of nitrogens with one attached hydrogen (secondary N) is 1. The number of fused-ring (bicyclic) bond motifs is 3. The molecule has 0 bridgehead atoms. The molecule has 1 unspecified atom stereocenters. The molecule has 0 aromatic heterocycles. The molecule has 0 radical (unpaired) electrons. The maximum Gasteiger partial charge on any atom is 0.407 e. The molecule has 1 aliphatic carbocycles. The molecule has 3 rings (SSSR count). The molecule has 0 saturated carbocycles. The molecule has 34 heavy (non-hydrogen) atoms. The first-order chi connectivity index (χ1) is 16.4. The molecule has 1 aliphatic rings. The van der Waals surface area contributed by atoms with Gasteiger partial charge in [-0.25, -0.2) is 4.79 Å². The monoisotopic (exact) mass is 468 g/mol. The fraction of sp³-hybridized carbons (Fsp3) is 0.423. The first kappa shape index (κ1) is 25.2. The number of benzene rings is 2. The van der Waals surface area contributed by atoms with Gasteiger partial charge in [-0.05, 0) is 29.2 Å².